The highest BCUT2D eigenvalue weighted by Gasteiger charge is 2.32. The van der Waals surface area contributed by atoms with Crippen LogP contribution in [0.15, 0.2) is 36.4 Å². The third-order valence-corrected chi connectivity index (χ3v) is 6.05. The van der Waals surface area contributed by atoms with E-state index >= 15 is 0 Å². The highest BCUT2D eigenvalue weighted by molar-refractivity contribution is 7.92. The largest absolute Gasteiger partial charge is 0.416 e. The van der Waals surface area contributed by atoms with Crippen molar-refractivity contribution in [1.29, 1.82) is 0 Å². The Morgan fingerprint density at radius 3 is 2.24 bits per heavy atom. The number of rotatable bonds is 6. The minimum absolute atomic E-state index is 0.246. The molecule has 0 bridgehead atoms. The molecule has 0 spiro atoms. The number of carbonyl (C=O) groups is 1. The average molecular weight is 488 g/mol. The van der Waals surface area contributed by atoms with Crippen molar-refractivity contribution in [2.45, 2.75) is 38.3 Å². The number of sulfonamides is 1. The lowest BCUT2D eigenvalue weighted by Crippen LogP contribution is -2.31. The zero-order chi connectivity index (χ0) is 24.4. The lowest BCUT2D eigenvalue weighted by Gasteiger charge is -2.31. The normalized spacial score (nSPS) is 15.8. The van der Waals surface area contributed by atoms with E-state index in [-0.39, 0.29) is 16.9 Å². The number of nitrogens with zero attached hydrogens (tertiary/aromatic N) is 1. The first-order chi connectivity index (χ1) is 15.3. The van der Waals surface area contributed by atoms with E-state index in [4.69, 9.17) is 0 Å². The summed E-state index contributed by atoms with van der Waals surface area (Å²) in [5, 5.41) is 2.68. The van der Waals surface area contributed by atoms with Crippen LogP contribution in [0.25, 0.3) is 0 Å². The van der Waals surface area contributed by atoms with E-state index in [9.17, 15) is 30.8 Å². The van der Waals surface area contributed by atoms with Crippen molar-refractivity contribution in [3.8, 4) is 0 Å². The van der Waals surface area contributed by atoms with E-state index in [1.54, 1.807) is 0 Å². The van der Waals surface area contributed by atoms with Crippen LogP contribution in [0.2, 0.25) is 0 Å². The number of piperidine rings is 1. The van der Waals surface area contributed by atoms with Gasteiger partial charge in [-0.1, -0.05) is 6.07 Å². The van der Waals surface area contributed by atoms with Gasteiger partial charge in [-0.2, -0.15) is 13.2 Å². The first-order valence-electron chi connectivity index (χ1n) is 10.4. The molecule has 0 radical (unpaired) electrons. The molecule has 0 aliphatic carbocycles. The van der Waals surface area contributed by atoms with Crippen LogP contribution in [0.4, 0.5) is 34.6 Å². The molecule has 1 aliphatic rings. The summed E-state index contributed by atoms with van der Waals surface area (Å²) in [6.45, 7) is 2.69. The molecule has 2 N–H and O–H groups in total. The van der Waals surface area contributed by atoms with Crippen molar-refractivity contribution < 1.29 is 30.8 Å². The smallest absolute Gasteiger partial charge is 0.370 e. The second-order valence-electron chi connectivity index (χ2n) is 8.10. The minimum Gasteiger partial charge on any atom is -0.370 e. The van der Waals surface area contributed by atoms with Crippen LogP contribution < -0.4 is 14.9 Å². The molecule has 0 aromatic heterocycles. The number of nitrogens with one attached hydrogen (secondary N) is 2. The summed E-state index contributed by atoms with van der Waals surface area (Å²) in [5.74, 6) is -2.22. The van der Waals surface area contributed by atoms with Crippen molar-refractivity contribution in [2.75, 3.05) is 34.3 Å². The van der Waals surface area contributed by atoms with Gasteiger partial charge in [-0.25, -0.2) is 12.8 Å². The number of benzene rings is 2. The molecule has 1 saturated heterocycles. The van der Waals surface area contributed by atoms with Crippen LogP contribution in [0.1, 0.15) is 43.2 Å². The number of alkyl halides is 3. The van der Waals surface area contributed by atoms with Gasteiger partial charge >= 0.3 is 6.18 Å². The lowest BCUT2D eigenvalue weighted by molar-refractivity contribution is -0.137. The molecular weight excluding hydrogens is 462 g/mol. The maximum atomic E-state index is 14.3. The highest BCUT2D eigenvalue weighted by Crippen LogP contribution is 2.37. The summed E-state index contributed by atoms with van der Waals surface area (Å²) in [5.41, 5.74) is -0.217. The molecule has 2 aromatic carbocycles. The average Bonchev–Trinajstić information content (AvgIpc) is 2.74. The quantitative estimate of drug-likeness (QED) is 0.566. The Hall–Kier alpha value is -2.82. The van der Waals surface area contributed by atoms with Gasteiger partial charge in [0.25, 0.3) is 0 Å². The minimum atomic E-state index is -4.51. The highest BCUT2D eigenvalue weighted by atomic mass is 32.2. The Morgan fingerprint density at radius 2 is 1.67 bits per heavy atom. The van der Waals surface area contributed by atoms with Gasteiger partial charge in [0.15, 0.2) is 0 Å². The van der Waals surface area contributed by atoms with E-state index in [1.807, 2.05) is 9.62 Å². The fourth-order valence-corrected chi connectivity index (χ4v) is 4.25. The lowest BCUT2D eigenvalue weighted by atomic mass is 9.99. The Labute approximate surface area is 190 Å². The molecule has 2 aromatic rings. The van der Waals surface area contributed by atoms with Crippen LogP contribution >= 0.6 is 0 Å². The van der Waals surface area contributed by atoms with E-state index in [0.29, 0.717) is 18.8 Å². The zero-order valence-corrected chi connectivity index (χ0v) is 19.0. The van der Waals surface area contributed by atoms with Crippen molar-refractivity contribution in [3.63, 3.8) is 0 Å². The first kappa shape index (κ1) is 24.8. The molecule has 6 nitrogen and oxygen atoms in total. The van der Waals surface area contributed by atoms with E-state index in [0.717, 1.165) is 43.7 Å². The maximum absolute atomic E-state index is 14.3. The molecule has 180 valence electrons. The topological polar surface area (TPSA) is 78.5 Å². The van der Waals surface area contributed by atoms with Gasteiger partial charge in [-0.15, -0.1) is 0 Å². The predicted molar refractivity (Wildman–Crippen MR) is 119 cm³/mol. The van der Waals surface area contributed by atoms with Gasteiger partial charge in [0, 0.05) is 13.1 Å². The maximum Gasteiger partial charge on any atom is 0.416 e. The van der Waals surface area contributed by atoms with Gasteiger partial charge in [-0.3, -0.25) is 9.52 Å². The van der Waals surface area contributed by atoms with Crippen LogP contribution in [0, 0.1) is 5.82 Å². The standard InChI is InChI=1S/C22H25F4N3O3S/c1-14(15-6-8-18(17(23)12-15)28-33(2,31)32)21(30)27-19-9-7-16(22(24,25)26)13-20(19)29-10-4-3-5-11-29/h6-9,12-14,28H,3-5,10-11H2,1-2H3,(H,27,30). The zero-order valence-electron chi connectivity index (χ0n) is 18.2. The Kier molecular flexibility index (Phi) is 7.20. The van der Waals surface area contributed by atoms with E-state index < -0.39 is 39.4 Å². The van der Waals surface area contributed by atoms with Crippen molar-refractivity contribution in [3.05, 3.63) is 53.3 Å². The Morgan fingerprint density at radius 1 is 1.03 bits per heavy atom. The summed E-state index contributed by atoms with van der Waals surface area (Å²) >= 11 is 0. The van der Waals surface area contributed by atoms with Crippen molar-refractivity contribution >= 4 is 33.0 Å². The summed E-state index contributed by atoms with van der Waals surface area (Å²) in [6, 6.07) is 6.87. The molecule has 0 saturated carbocycles. The third kappa shape index (κ3) is 6.37. The Balaban J connectivity index is 1.85. The second kappa shape index (κ2) is 9.58. The number of carbonyl (C=O) groups excluding carboxylic acids is 1. The van der Waals surface area contributed by atoms with E-state index in [2.05, 4.69) is 5.32 Å². The summed E-state index contributed by atoms with van der Waals surface area (Å²) < 4.78 is 78.8. The molecule has 1 heterocycles. The van der Waals surface area contributed by atoms with Crippen LogP contribution in [0.3, 0.4) is 0 Å². The number of halogens is 4. The van der Waals surface area contributed by atoms with E-state index in [1.165, 1.54) is 25.1 Å². The molecule has 1 aliphatic heterocycles. The predicted octanol–water partition coefficient (Wildman–Crippen LogP) is 4.95. The Bertz CT molecular complexity index is 1130. The monoisotopic (exact) mass is 487 g/mol. The van der Waals surface area contributed by atoms with Gasteiger partial charge in [-0.05, 0) is 62.1 Å². The van der Waals surface area contributed by atoms with Gasteiger partial charge < -0.3 is 10.2 Å². The van der Waals surface area contributed by atoms with Crippen LogP contribution in [0.5, 0.6) is 0 Å². The van der Waals surface area contributed by atoms with Gasteiger partial charge in [0.05, 0.1) is 34.8 Å². The van der Waals surface area contributed by atoms with Crippen molar-refractivity contribution in [2.24, 2.45) is 0 Å². The molecule has 1 atom stereocenters. The van der Waals surface area contributed by atoms with Crippen molar-refractivity contribution in [1.82, 2.24) is 0 Å². The number of hydrogen-bond donors (Lipinski definition) is 2. The fourth-order valence-electron chi connectivity index (χ4n) is 3.69. The molecule has 11 heteroatoms. The SMILES string of the molecule is CC(C(=O)Nc1ccc(C(F)(F)F)cc1N1CCCCC1)c1ccc(NS(C)(=O)=O)c(F)c1. The van der Waals surface area contributed by atoms with Gasteiger partial charge in [0.1, 0.15) is 5.82 Å². The number of amides is 1. The summed E-state index contributed by atoms with van der Waals surface area (Å²) in [7, 11) is -3.67. The second-order valence-corrected chi connectivity index (χ2v) is 9.85. The number of anilines is 3. The van der Waals surface area contributed by atoms with Gasteiger partial charge in [0.2, 0.25) is 15.9 Å². The fraction of sp³-hybridized carbons (Fsp3) is 0.409. The molecule has 1 fully saturated rings. The molecular formula is C22H25F4N3O3S. The summed E-state index contributed by atoms with van der Waals surface area (Å²) in [4.78, 5) is 14.7. The molecule has 1 amide bonds. The first-order valence-corrected chi connectivity index (χ1v) is 12.3. The number of hydrogen-bond acceptors (Lipinski definition) is 4. The molecule has 33 heavy (non-hydrogen) atoms. The van der Waals surface area contributed by atoms with Crippen LogP contribution in [-0.2, 0) is 21.0 Å². The molecule has 3 rings (SSSR count). The summed E-state index contributed by atoms with van der Waals surface area (Å²) in [6.07, 6.45) is -0.954. The third-order valence-electron chi connectivity index (χ3n) is 5.46. The molecule has 1 unspecified atom stereocenters. The van der Waals surface area contributed by atoms with Crippen LogP contribution in [-0.4, -0.2) is 33.7 Å².